The van der Waals surface area contributed by atoms with Crippen molar-refractivity contribution in [2.24, 2.45) is 0 Å². The molecule has 0 spiro atoms. The third-order valence-corrected chi connectivity index (χ3v) is 5.25. The molecule has 4 aromatic rings. The van der Waals surface area contributed by atoms with Crippen molar-refractivity contribution in [3.63, 3.8) is 0 Å². The molecule has 4 rings (SSSR count). The van der Waals surface area contributed by atoms with Crippen LogP contribution in [0.1, 0.15) is 27.3 Å². The zero-order chi connectivity index (χ0) is 24.2. The van der Waals surface area contributed by atoms with Gasteiger partial charge in [0.05, 0.1) is 34.3 Å². The van der Waals surface area contributed by atoms with E-state index in [1.807, 2.05) is 0 Å². The lowest BCUT2D eigenvalue weighted by atomic mass is 10.1. The zero-order valence-corrected chi connectivity index (χ0v) is 18.6. The Hall–Kier alpha value is -4.35. The van der Waals surface area contributed by atoms with E-state index in [9.17, 15) is 14.4 Å². The SMILES string of the molecule is COc1cc(/C=C(/C#N)c2nc3ccc(F)cc3[nH]2)cc(Cl)c1OCc1ccc(C(=O)O)cc1. The molecule has 170 valence electrons. The summed E-state index contributed by atoms with van der Waals surface area (Å²) in [5.74, 6) is -0.461. The van der Waals surface area contributed by atoms with Crippen LogP contribution < -0.4 is 9.47 Å². The van der Waals surface area contributed by atoms with E-state index in [2.05, 4.69) is 16.0 Å². The number of methoxy groups -OCH3 is 1. The maximum absolute atomic E-state index is 13.5. The monoisotopic (exact) mass is 477 g/mol. The van der Waals surface area contributed by atoms with Crippen LogP contribution in [0.3, 0.4) is 0 Å². The highest BCUT2D eigenvalue weighted by molar-refractivity contribution is 6.32. The molecule has 1 heterocycles. The van der Waals surface area contributed by atoms with Crippen LogP contribution in [-0.4, -0.2) is 28.2 Å². The highest BCUT2D eigenvalue weighted by Gasteiger charge is 2.14. The van der Waals surface area contributed by atoms with Crippen LogP contribution in [0.25, 0.3) is 22.7 Å². The number of benzene rings is 3. The number of nitrogens with zero attached hydrogens (tertiary/aromatic N) is 2. The van der Waals surface area contributed by atoms with Gasteiger partial charge in [0.15, 0.2) is 11.5 Å². The molecule has 0 aliphatic heterocycles. The quantitative estimate of drug-likeness (QED) is 0.330. The molecule has 0 saturated heterocycles. The van der Waals surface area contributed by atoms with Gasteiger partial charge in [-0.25, -0.2) is 14.2 Å². The lowest BCUT2D eigenvalue weighted by Crippen LogP contribution is -2.00. The van der Waals surface area contributed by atoms with Gasteiger partial charge in [0, 0.05) is 0 Å². The van der Waals surface area contributed by atoms with Crippen molar-refractivity contribution in [3.8, 4) is 17.6 Å². The molecule has 0 fully saturated rings. The number of aromatic amines is 1. The molecular formula is C25H17ClFN3O4. The summed E-state index contributed by atoms with van der Waals surface area (Å²) in [7, 11) is 1.46. The van der Waals surface area contributed by atoms with Gasteiger partial charge in [-0.05, 0) is 59.7 Å². The Kier molecular flexibility index (Phi) is 6.48. The molecule has 1 aromatic heterocycles. The van der Waals surface area contributed by atoms with Gasteiger partial charge in [0.2, 0.25) is 0 Å². The van der Waals surface area contributed by atoms with Crippen LogP contribution in [0, 0.1) is 17.1 Å². The summed E-state index contributed by atoms with van der Waals surface area (Å²) in [5.41, 5.74) is 2.74. The number of carbonyl (C=O) groups is 1. The average Bonchev–Trinajstić information content (AvgIpc) is 3.24. The number of carboxylic acids is 1. The first-order valence-electron chi connectivity index (χ1n) is 9.98. The minimum Gasteiger partial charge on any atom is -0.493 e. The lowest BCUT2D eigenvalue weighted by molar-refractivity contribution is 0.0697. The molecule has 0 radical (unpaired) electrons. The van der Waals surface area contributed by atoms with E-state index < -0.39 is 11.8 Å². The van der Waals surface area contributed by atoms with Gasteiger partial charge in [0.25, 0.3) is 0 Å². The summed E-state index contributed by atoms with van der Waals surface area (Å²) in [6, 6.07) is 15.8. The van der Waals surface area contributed by atoms with E-state index in [0.717, 1.165) is 5.56 Å². The third kappa shape index (κ3) is 4.85. The first kappa shape index (κ1) is 22.8. The number of aromatic nitrogens is 2. The van der Waals surface area contributed by atoms with Gasteiger partial charge in [-0.3, -0.25) is 0 Å². The Bertz CT molecular complexity index is 1460. The first-order valence-corrected chi connectivity index (χ1v) is 10.4. The summed E-state index contributed by atoms with van der Waals surface area (Å²) in [4.78, 5) is 18.3. The Morgan fingerprint density at radius 2 is 2.00 bits per heavy atom. The number of hydrogen-bond acceptors (Lipinski definition) is 5. The molecule has 0 atom stereocenters. The standard InChI is InChI=1S/C25H17ClFN3O4/c1-33-22-10-15(8-17(12-28)24-29-20-7-6-18(27)11-21(20)30-24)9-19(26)23(22)34-13-14-2-4-16(5-3-14)25(31)32/h2-11H,13H2,1H3,(H,29,30)(H,31,32)/b17-8-. The number of ether oxygens (including phenoxy) is 2. The van der Waals surface area contributed by atoms with Crippen LogP contribution in [0.5, 0.6) is 11.5 Å². The summed E-state index contributed by atoms with van der Waals surface area (Å²) >= 11 is 6.44. The zero-order valence-electron chi connectivity index (χ0n) is 17.8. The number of nitrogens with one attached hydrogen (secondary N) is 1. The highest BCUT2D eigenvalue weighted by Crippen LogP contribution is 2.38. The van der Waals surface area contributed by atoms with Gasteiger partial charge in [-0.15, -0.1) is 0 Å². The number of H-pyrrole nitrogens is 1. The van der Waals surface area contributed by atoms with Crippen LogP contribution in [-0.2, 0) is 6.61 Å². The van der Waals surface area contributed by atoms with Gasteiger partial charge in [-0.2, -0.15) is 5.26 Å². The molecule has 7 nitrogen and oxygen atoms in total. The van der Waals surface area contributed by atoms with Crippen LogP contribution in [0.4, 0.5) is 4.39 Å². The van der Waals surface area contributed by atoms with E-state index >= 15 is 0 Å². The van der Waals surface area contributed by atoms with E-state index in [1.165, 1.54) is 37.4 Å². The maximum Gasteiger partial charge on any atom is 0.335 e. The molecule has 34 heavy (non-hydrogen) atoms. The van der Waals surface area contributed by atoms with Crippen molar-refractivity contribution in [2.75, 3.05) is 7.11 Å². The molecule has 0 saturated carbocycles. The van der Waals surface area contributed by atoms with Crippen LogP contribution in [0.15, 0.2) is 54.6 Å². The topological polar surface area (TPSA) is 108 Å². The number of rotatable bonds is 7. The van der Waals surface area contributed by atoms with Crippen LogP contribution in [0.2, 0.25) is 5.02 Å². The Balaban J connectivity index is 1.60. The second kappa shape index (κ2) is 9.65. The number of fused-ring (bicyclic) bond motifs is 1. The van der Waals surface area contributed by atoms with Gasteiger partial charge >= 0.3 is 5.97 Å². The smallest absolute Gasteiger partial charge is 0.335 e. The van der Waals surface area contributed by atoms with E-state index in [-0.39, 0.29) is 22.8 Å². The largest absolute Gasteiger partial charge is 0.493 e. The number of nitriles is 1. The summed E-state index contributed by atoms with van der Waals surface area (Å²) in [5, 5.41) is 18.9. The van der Waals surface area contributed by atoms with Crippen LogP contribution >= 0.6 is 11.6 Å². The Labute approximate surface area is 198 Å². The number of hydrogen-bond donors (Lipinski definition) is 2. The average molecular weight is 478 g/mol. The molecule has 0 unspecified atom stereocenters. The molecule has 2 N–H and O–H groups in total. The number of imidazole rings is 1. The molecule has 9 heteroatoms. The number of carboxylic acid groups (broad SMARTS) is 1. The highest BCUT2D eigenvalue weighted by atomic mass is 35.5. The van der Waals surface area contributed by atoms with Gasteiger partial charge in [-0.1, -0.05) is 23.7 Å². The maximum atomic E-state index is 13.5. The predicted molar refractivity (Wildman–Crippen MR) is 125 cm³/mol. The fourth-order valence-corrected chi connectivity index (χ4v) is 3.57. The fourth-order valence-electron chi connectivity index (χ4n) is 3.29. The van der Waals surface area contributed by atoms with E-state index in [4.69, 9.17) is 26.2 Å². The second-order valence-corrected chi connectivity index (χ2v) is 7.65. The second-order valence-electron chi connectivity index (χ2n) is 7.24. The number of halogens is 2. The number of allylic oxidation sites excluding steroid dienone is 1. The van der Waals surface area contributed by atoms with Gasteiger partial charge in [0.1, 0.15) is 24.3 Å². The fraction of sp³-hybridized carbons (Fsp3) is 0.0800. The van der Waals surface area contributed by atoms with Crippen molar-refractivity contribution < 1.29 is 23.8 Å². The normalized spacial score (nSPS) is 11.3. The summed E-state index contributed by atoms with van der Waals surface area (Å²) in [6.07, 6.45) is 1.58. The van der Waals surface area contributed by atoms with Gasteiger partial charge < -0.3 is 19.6 Å². The third-order valence-electron chi connectivity index (χ3n) is 4.97. The number of aromatic carboxylic acids is 1. The molecular weight excluding hydrogens is 461 g/mol. The summed E-state index contributed by atoms with van der Waals surface area (Å²) in [6.45, 7) is 0.143. The van der Waals surface area contributed by atoms with E-state index in [0.29, 0.717) is 33.9 Å². The Morgan fingerprint density at radius 3 is 2.68 bits per heavy atom. The first-order chi connectivity index (χ1) is 16.4. The van der Waals surface area contributed by atoms with Crippen molar-refractivity contribution >= 4 is 40.3 Å². The Morgan fingerprint density at radius 1 is 1.24 bits per heavy atom. The lowest BCUT2D eigenvalue weighted by Gasteiger charge is -2.13. The molecule has 3 aromatic carbocycles. The summed E-state index contributed by atoms with van der Waals surface area (Å²) < 4.78 is 24.7. The minimum absolute atomic E-state index is 0.143. The molecule has 0 bridgehead atoms. The van der Waals surface area contributed by atoms with Crippen molar-refractivity contribution in [2.45, 2.75) is 6.61 Å². The van der Waals surface area contributed by atoms with Crippen molar-refractivity contribution in [1.29, 1.82) is 5.26 Å². The molecule has 0 aliphatic carbocycles. The minimum atomic E-state index is -1.01. The predicted octanol–water partition coefficient (Wildman–Crippen LogP) is 5.71. The van der Waals surface area contributed by atoms with Crippen molar-refractivity contribution in [3.05, 3.63) is 88.0 Å². The van der Waals surface area contributed by atoms with E-state index in [1.54, 1.807) is 30.3 Å². The molecule has 0 amide bonds. The van der Waals surface area contributed by atoms with Crippen molar-refractivity contribution in [1.82, 2.24) is 9.97 Å². The molecule has 0 aliphatic rings.